The molecule has 0 heterocycles. The van der Waals surface area contributed by atoms with Crippen molar-refractivity contribution in [1.29, 1.82) is 0 Å². The first kappa shape index (κ1) is 12.8. The van der Waals surface area contributed by atoms with Crippen LogP contribution in [0.15, 0.2) is 29.4 Å². The van der Waals surface area contributed by atoms with E-state index in [1.165, 1.54) is 7.11 Å². The maximum atomic E-state index is 11.5. The van der Waals surface area contributed by atoms with Crippen LogP contribution in [0.2, 0.25) is 0 Å². The molecule has 0 saturated carbocycles. The van der Waals surface area contributed by atoms with Crippen molar-refractivity contribution in [2.75, 3.05) is 12.4 Å². The van der Waals surface area contributed by atoms with Crippen molar-refractivity contribution >= 4 is 17.4 Å². The highest BCUT2D eigenvalue weighted by Gasteiger charge is 2.24. The van der Waals surface area contributed by atoms with Gasteiger partial charge in [0.15, 0.2) is 5.78 Å². The Morgan fingerprint density at radius 1 is 1.29 bits per heavy atom. The average Bonchev–Trinajstić information content (AvgIpc) is 2.30. The van der Waals surface area contributed by atoms with Crippen LogP contribution in [0.1, 0.15) is 6.92 Å². The van der Waals surface area contributed by atoms with Gasteiger partial charge in [-0.15, -0.1) is 4.91 Å². The topological polar surface area (TPSA) is 84.8 Å². The zero-order chi connectivity index (χ0) is 12.8. The number of carbonyl (C=O) groups is 2. The fourth-order valence-electron chi connectivity index (χ4n) is 1.19. The van der Waals surface area contributed by atoms with E-state index >= 15 is 0 Å². The molecule has 1 amide bonds. The Morgan fingerprint density at radius 3 is 2.29 bits per heavy atom. The van der Waals surface area contributed by atoms with Gasteiger partial charge in [-0.3, -0.25) is 9.59 Å². The molecule has 90 valence electrons. The van der Waals surface area contributed by atoms with Gasteiger partial charge in [-0.2, -0.15) is 0 Å². The molecule has 1 aromatic rings. The highest BCUT2D eigenvalue weighted by Crippen LogP contribution is 2.15. The highest BCUT2D eigenvalue weighted by atomic mass is 16.5. The van der Waals surface area contributed by atoms with Crippen molar-refractivity contribution in [1.82, 2.24) is 0 Å². The second-order valence-corrected chi connectivity index (χ2v) is 3.34. The van der Waals surface area contributed by atoms with Crippen LogP contribution in [-0.2, 0) is 9.59 Å². The minimum atomic E-state index is -1.50. The number of nitroso groups, excluding NO2 is 1. The third-order valence-electron chi connectivity index (χ3n) is 2.10. The number of benzene rings is 1. The van der Waals surface area contributed by atoms with Crippen LogP contribution < -0.4 is 10.1 Å². The monoisotopic (exact) mass is 236 g/mol. The number of hydrogen-bond acceptors (Lipinski definition) is 5. The van der Waals surface area contributed by atoms with Gasteiger partial charge >= 0.3 is 0 Å². The van der Waals surface area contributed by atoms with Gasteiger partial charge in [0.1, 0.15) is 5.75 Å². The third-order valence-corrected chi connectivity index (χ3v) is 2.10. The number of hydrogen-bond donors (Lipinski definition) is 1. The summed E-state index contributed by atoms with van der Waals surface area (Å²) in [6, 6.07) is 4.98. The van der Waals surface area contributed by atoms with Crippen LogP contribution in [-0.4, -0.2) is 24.8 Å². The second-order valence-electron chi connectivity index (χ2n) is 3.34. The SMILES string of the molecule is COc1ccc(NC(=O)C(N=O)C(C)=O)cc1. The fraction of sp³-hybridized carbons (Fsp3) is 0.273. The average molecular weight is 236 g/mol. The normalized spacial score (nSPS) is 11.4. The summed E-state index contributed by atoms with van der Waals surface area (Å²) in [4.78, 5) is 32.7. The highest BCUT2D eigenvalue weighted by molar-refractivity contribution is 6.10. The van der Waals surface area contributed by atoms with Gasteiger partial charge in [0, 0.05) is 5.69 Å². The Balaban J connectivity index is 2.73. The van der Waals surface area contributed by atoms with Crippen molar-refractivity contribution in [3.05, 3.63) is 29.2 Å². The Labute approximate surface area is 97.9 Å². The van der Waals surface area contributed by atoms with E-state index in [0.29, 0.717) is 11.4 Å². The van der Waals surface area contributed by atoms with E-state index in [9.17, 15) is 14.5 Å². The third kappa shape index (κ3) is 3.37. The molecule has 0 radical (unpaired) electrons. The minimum Gasteiger partial charge on any atom is -0.497 e. The molecule has 0 saturated heterocycles. The Morgan fingerprint density at radius 2 is 1.88 bits per heavy atom. The summed E-state index contributed by atoms with van der Waals surface area (Å²) in [5.74, 6) is -0.691. The molecule has 1 atom stereocenters. The summed E-state index contributed by atoms with van der Waals surface area (Å²) < 4.78 is 4.95. The molecule has 0 aliphatic heterocycles. The smallest absolute Gasteiger partial charge is 0.260 e. The number of nitrogens with zero attached hydrogens (tertiary/aromatic N) is 1. The molecule has 0 aliphatic carbocycles. The van der Waals surface area contributed by atoms with Crippen molar-refractivity contribution in [2.45, 2.75) is 13.0 Å². The van der Waals surface area contributed by atoms with Crippen molar-refractivity contribution < 1.29 is 14.3 Å². The Bertz CT molecular complexity index is 428. The van der Waals surface area contributed by atoms with Crippen molar-refractivity contribution in [3.63, 3.8) is 0 Å². The van der Waals surface area contributed by atoms with Crippen LogP contribution in [0.4, 0.5) is 5.69 Å². The van der Waals surface area contributed by atoms with Gasteiger partial charge in [0.2, 0.25) is 6.04 Å². The lowest BCUT2D eigenvalue weighted by atomic mass is 10.2. The minimum absolute atomic E-state index is 0.464. The molecule has 1 N–H and O–H groups in total. The lowest BCUT2D eigenvalue weighted by Crippen LogP contribution is -2.31. The molecule has 1 rings (SSSR count). The second kappa shape index (κ2) is 5.74. The van der Waals surface area contributed by atoms with Crippen LogP contribution >= 0.6 is 0 Å². The number of nitrogens with one attached hydrogen (secondary N) is 1. The molecule has 0 spiro atoms. The first-order chi connectivity index (χ1) is 8.08. The van der Waals surface area contributed by atoms with Crippen LogP contribution in [0.3, 0.4) is 0 Å². The van der Waals surface area contributed by atoms with E-state index in [2.05, 4.69) is 10.5 Å². The number of ether oxygens (including phenoxy) is 1. The summed E-state index contributed by atoms with van der Waals surface area (Å²) >= 11 is 0. The van der Waals surface area contributed by atoms with Gasteiger partial charge in [0.05, 0.1) is 7.11 Å². The van der Waals surface area contributed by atoms with Gasteiger partial charge in [0.25, 0.3) is 5.91 Å². The molecule has 0 aromatic heterocycles. The predicted octanol–water partition coefficient (Wildman–Crippen LogP) is 1.36. The van der Waals surface area contributed by atoms with Crippen LogP contribution in [0, 0.1) is 4.91 Å². The van der Waals surface area contributed by atoms with Gasteiger partial charge < -0.3 is 10.1 Å². The number of carbonyl (C=O) groups excluding carboxylic acids is 2. The summed E-state index contributed by atoms with van der Waals surface area (Å²) in [6.45, 7) is 1.14. The number of ketones is 1. The van der Waals surface area contributed by atoms with E-state index < -0.39 is 17.7 Å². The van der Waals surface area contributed by atoms with E-state index in [4.69, 9.17) is 4.74 Å². The fourth-order valence-corrected chi connectivity index (χ4v) is 1.19. The molecule has 1 aromatic carbocycles. The molecule has 1 unspecified atom stereocenters. The number of Topliss-reactive ketones (excluding diaryl/α,β-unsaturated/α-hetero) is 1. The van der Waals surface area contributed by atoms with Gasteiger partial charge in [-0.1, -0.05) is 0 Å². The van der Waals surface area contributed by atoms with Crippen LogP contribution in [0.25, 0.3) is 0 Å². The van der Waals surface area contributed by atoms with Gasteiger partial charge in [-0.25, -0.2) is 0 Å². The standard InChI is InChI=1S/C11H12N2O4/c1-7(14)10(13-16)11(15)12-8-3-5-9(17-2)6-4-8/h3-6,10H,1-2H3,(H,12,15). The molecule has 0 fully saturated rings. The van der Waals surface area contributed by atoms with E-state index in [0.717, 1.165) is 6.92 Å². The zero-order valence-corrected chi connectivity index (χ0v) is 9.47. The molecule has 6 heteroatoms. The number of amides is 1. The van der Waals surface area contributed by atoms with Crippen molar-refractivity contribution in [2.24, 2.45) is 5.18 Å². The molecule has 0 bridgehead atoms. The molecule has 17 heavy (non-hydrogen) atoms. The zero-order valence-electron chi connectivity index (χ0n) is 9.47. The summed E-state index contributed by atoms with van der Waals surface area (Å²) in [6.07, 6.45) is 0. The number of rotatable bonds is 5. The lowest BCUT2D eigenvalue weighted by molar-refractivity contribution is -0.126. The van der Waals surface area contributed by atoms with E-state index in [-0.39, 0.29) is 0 Å². The summed E-state index contributed by atoms with van der Waals surface area (Å²) in [5, 5.41) is 4.90. The molecule has 6 nitrogen and oxygen atoms in total. The molecular formula is C11H12N2O4. The largest absolute Gasteiger partial charge is 0.497 e. The summed E-state index contributed by atoms with van der Waals surface area (Å²) in [7, 11) is 1.52. The molecule has 0 aliphatic rings. The Hall–Kier alpha value is -2.24. The van der Waals surface area contributed by atoms with E-state index in [1.807, 2.05) is 0 Å². The molecular weight excluding hydrogens is 224 g/mol. The van der Waals surface area contributed by atoms with Crippen LogP contribution in [0.5, 0.6) is 5.75 Å². The first-order valence-electron chi connectivity index (χ1n) is 4.86. The number of methoxy groups -OCH3 is 1. The van der Waals surface area contributed by atoms with E-state index in [1.54, 1.807) is 24.3 Å². The maximum absolute atomic E-state index is 11.5. The Kier molecular flexibility index (Phi) is 4.33. The number of anilines is 1. The quantitative estimate of drug-likeness (QED) is 0.617. The maximum Gasteiger partial charge on any atom is 0.260 e. The lowest BCUT2D eigenvalue weighted by Gasteiger charge is -2.08. The predicted molar refractivity (Wildman–Crippen MR) is 61.9 cm³/mol. The van der Waals surface area contributed by atoms with Crippen molar-refractivity contribution in [3.8, 4) is 5.75 Å². The van der Waals surface area contributed by atoms with Gasteiger partial charge in [-0.05, 0) is 36.4 Å². The summed E-state index contributed by atoms with van der Waals surface area (Å²) in [5.41, 5.74) is 0.464. The first-order valence-corrected chi connectivity index (χ1v) is 4.86.